The summed E-state index contributed by atoms with van der Waals surface area (Å²) in [7, 11) is 1.09. The maximum absolute atomic E-state index is 13.0. The molecule has 0 radical (unpaired) electrons. The Hall–Kier alpha value is -1.19. The minimum absolute atomic E-state index is 0.0100. The molecule has 0 aliphatic carbocycles. The van der Waals surface area contributed by atoms with Crippen molar-refractivity contribution in [2.45, 2.75) is 13.3 Å². The first-order valence-electron chi connectivity index (χ1n) is 3.82. The van der Waals surface area contributed by atoms with Crippen LogP contribution in [0.3, 0.4) is 0 Å². The lowest BCUT2D eigenvalue weighted by molar-refractivity contribution is 0.345. The van der Waals surface area contributed by atoms with Gasteiger partial charge in [0, 0.05) is 0 Å². The first kappa shape index (κ1) is 9.89. The average Bonchev–Trinajstić information content (AvgIpc) is 2.12. The molecule has 0 heterocycles. The zero-order chi connectivity index (χ0) is 10.0. The monoisotopic (exact) mass is 190 g/mol. The van der Waals surface area contributed by atoms with Crippen molar-refractivity contribution >= 4 is 0 Å². The van der Waals surface area contributed by atoms with Gasteiger partial charge in [0.2, 0.25) is 5.82 Å². The molecule has 1 aromatic rings. The van der Waals surface area contributed by atoms with Crippen LogP contribution in [-0.4, -0.2) is 7.11 Å². The van der Waals surface area contributed by atoms with Gasteiger partial charge in [-0.3, -0.25) is 0 Å². The Kier molecular flexibility index (Phi) is 2.80. The molecule has 0 amide bonds. The van der Waals surface area contributed by atoms with Crippen LogP contribution in [0.5, 0.6) is 5.75 Å². The van der Waals surface area contributed by atoms with Crippen LogP contribution in [0.2, 0.25) is 0 Å². The molecule has 1 rings (SSSR count). The Bertz CT molecular complexity index is 323. The van der Waals surface area contributed by atoms with Crippen molar-refractivity contribution in [1.82, 2.24) is 0 Å². The molecular weight excluding hydrogens is 181 g/mol. The lowest BCUT2D eigenvalue weighted by atomic mass is 10.1. The van der Waals surface area contributed by atoms with Crippen LogP contribution >= 0.6 is 0 Å². The Labute approximate surface area is 74.1 Å². The number of ether oxygens (including phenoxy) is 1. The maximum Gasteiger partial charge on any atom is 0.203 e. The lowest BCUT2D eigenvalue weighted by Gasteiger charge is -2.06. The third-order valence-corrected chi connectivity index (χ3v) is 1.78. The van der Waals surface area contributed by atoms with Gasteiger partial charge in [-0.2, -0.15) is 4.39 Å². The molecule has 1 aromatic carbocycles. The molecule has 13 heavy (non-hydrogen) atoms. The predicted molar refractivity (Wildman–Crippen MR) is 42.2 cm³/mol. The van der Waals surface area contributed by atoms with Gasteiger partial charge in [0.15, 0.2) is 17.4 Å². The summed E-state index contributed by atoms with van der Waals surface area (Å²) >= 11 is 0. The van der Waals surface area contributed by atoms with Crippen LogP contribution in [0.1, 0.15) is 12.5 Å². The standard InChI is InChI=1S/C9H9F3O/c1-3-5-4-6(10)9(13-2)8(12)7(5)11/h4H,3H2,1-2H3. The zero-order valence-electron chi connectivity index (χ0n) is 7.33. The fourth-order valence-corrected chi connectivity index (χ4v) is 1.07. The maximum atomic E-state index is 13.0. The molecule has 0 unspecified atom stereocenters. The quantitative estimate of drug-likeness (QED) is 0.651. The van der Waals surface area contributed by atoms with Gasteiger partial charge in [-0.25, -0.2) is 8.78 Å². The van der Waals surface area contributed by atoms with Crippen molar-refractivity contribution in [2.24, 2.45) is 0 Å². The van der Waals surface area contributed by atoms with Crippen molar-refractivity contribution in [1.29, 1.82) is 0 Å². The minimum Gasteiger partial charge on any atom is -0.491 e. The van der Waals surface area contributed by atoms with E-state index in [2.05, 4.69) is 4.74 Å². The highest BCUT2D eigenvalue weighted by Crippen LogP contribution is 2.26. The van der Waals surface area contributed by atoms with Gasteiger partial charge in [-0.15, -0.1) is 0 Å². The average molecular weight is 190 g/mol. The number of hydrogen-bond acceptors (Lipinski definition) is 1. The van der Waals surface area contributed by atoms with Crippen LogP contribution in [0, 0.1) is 17.5 Å². The molecule has 1 nitrogen and oxygen atoms in total. The van der Waals surface area contributed by atoms with E-state index in [1.165, 1.54) is 0 Å². The van der Waals surface area contributed by atoms with E-state index >= 15 is 0 Å². The van der Waals surface area contributed by atoms with Crippen molar-refractivity contribution in [3.8, 4) is 5.75 Å². The number of hydrogen-bond donors (Lipinski definition) is 0. The highest BCUT2D eigenvalue weighted by Gasteiger charge is 2.17. The number of methoxy groups -OCH3 is 1. The predicted octanol–water partition coefficient (Wildman–Crippen LogP) is 2.67. The molecule has 0 saturated heterocycles. The van der Waals surface area contributed by atoms with Gasteiger partial charge in [0.05, 0.1) is 7.11 Å². The van der Waals surface area contributed by atoms with Crippen LogP contribution < -0.4 is 4.74 Å². The van der Waals surface area contributed by atoms with Crippen molar-refractivity contribution in [2.75, 3.05) is 7.11 Å². The zero-order valence-corrected chi connectivity index (χ0v) is 7.33. The summed E-state index contributed by atoms with van der Waals surface area (Å²) in [5, 5.41) is 0. The summed E-state index contributed by atoms with van der Waals surface area (Å²) in [6.45, 7) is 1.61. The van der Waals surface area contributed by atoms with Crippen LogP contribution in [-0.2, 0) is 6.42 Å². The molecule has 0 N–H and O–H groups in total. The van der Waals surface area contributed by atoms with E-state index in [4.69, 9.17) is 0 Å². The topological polar surface area (TPSA) is 9.23 Å². The molecular formula is C9H9F3O. The van der Waals surface area contributed by atoms with E-state index in [1.807, 2.05) is 0 Å². The number of aryl methyl sites for hydroxylation is 1. The van der Waals surface area contributed by atoms with Crippen molar-refractivity contribution in [3.05, 3.63) is 29.1 Å². The first-order valence-corrected chi connectivity index (χ1v) is 3.82. The van der Waals surface area contributed by atoms with Crippen LogP contribution in [0.15, 0.2) is 6.07 Å². The van der Waals surface area contributed by atoms with E-state index in [1.54, 1.807) is 6.92 Å². The molecule has 0 aliphatic heterocycles. The summed E-state index contributed by atoms with van der Waals surface area (Å²) in [4.78, 5) is 0. The fourth-order valence-electron chi connectivity index (χ4n) is 1.07. The Balaban J connectivity index is 3.37. The molecule has 0 saturated carbocycles. The van der Waals surface area contributed by atoms with E-state index in [-0.39, 0.29) is 12.0 Å². The van der Waals surface area contributed by atoms with Crippen molar-refractivity contribution in [3.63, 3.8) is 0 Å². The number of rotatable bonds is 2. The summed E-state index contributed by atoms with van der Waals surface area (Å²) < 4.78 is 43.3. The second kappa shape index (κ2) is 3.68. The van der Waals surface area contributed by atoms with E-state index in [0.717, 1.165) is 13.2 Å². The molecule has 0 spiro atoms. The van der Waals surface area contributed by atoms with E-state index in [0.29, 0.717) is 0 Å². The van der Waals surface area contributed by atoms with E-state index in [9.17, 15) is 13.2 Å². The van der Waals surface area contributed by atoms with Gasteiger partial charge < -0.3 is 4.74 Å². The lowest BCUT2D eigenvalue weighted by Crippen LogP contribution is -2.00. The molecule has 72 valence electrons. The second-order valence-corrected chi connectivity index (χ2v) is 2.53. The Morgan fingerprint density at radius 1 is 1.23 bits per heavy atom. The van der Waals surface area contributed by atoms with Gasteiger partial charge in [0.25, 0.3) is 0 Å². The SMILES string of the molecule is CCc1cc(F)c(OC)c(F)c1F. The molecule has 0 atom stereocenters. The Morgan fingerprint density at radius 2 is 1.85 bits per heavy atom. The Morgan fingerprint density at radius 3 is 2.31 bits per heavy atom. The van der Waals surface area contributed by atoms with Crippen molar-refractivity contribution < 1.29 is 17.9 Å². The smallest absolute Gasteiger partial charge is 0.203 e. The van der Waals surface area contributed by atoms with Gasteiger partial charge in [-0.1, -0.05) is 6.92 Å². The highest BCUT2D eigenvalue weighted by atomic mass is 19.2. The minimum atomic E-state index is -1.26. The van der Waals surface area contributed by atoms with Crippen LogP contribution in [0.25, 0.3) is 0 Å². The van der Waals surface area contributed by atoms with Gasteiger partial charge >= 0.3 is 0 Å². The van der Waals surface area contributed by atoms with Gasteiger partial charge in [-0.05, 0) is 18.1 Å². The fraction of sp³-hybridized carbons (Fsp3) is 0.333. The third kappa shape index (κ3) is 1.61. The normalized spacial score (nSPS) is 10.2. The van der Waals surface area contributed by atoms with Crippen LogP contribution in [0.4, 0.5) is 13.2 Å². The second-order valence-electron chi connectivity index (χ2n) is 2.53. The summed E-state index contributed by atoms with van der Waals surface area (Å²) in [5.74, 6) is -3.85. The first-order chi connectivity index (χ1) is 6.11. The summed E-state index contributed by atoms with van der Waals surface area (Å²) in [6.07, 6.45) is 0.240. The van der Waals surface area contributed by atoms with Gasteiger partial charge in [0.1, 0.15) is 0 Å². The number of benzene rings is 1. The third-order valence-electron chi connectivity index (χ3n) is 1.78. The van der Waals surface area contributed by atoms with E-state index < -0.39 is 23.2 Å². The molecule has 4 heteroatoms. The summed E-state index contributed by atoms with van der Waals surface area (Å²) in [5.41, 5.74) is 0.0100. The molecule has 0 fully saturated rings. The molecule has 0 bridgehead atoms. The molecule has 0 aliphatic rings. The summed E-state index contributed by atoms with van der Waals surface area (Å²) in [6, 6.07) is 0.942. The molecule has 0 aromatic heterocycles. The largest absolute Gasteiger partial charge is 0.491 e. The highest BCUT2D eigenvalue weighted by molar-refractivity contribution is 5.32. The number of halogens is 3.